The molecule has 0 fully saturated rings. The van der Waals surface area contributed by atoms with E-state index in [-0.39, 0.29) is 12.1 Å². The van der Waals surface area contributed by atoms with E-state index >= 15 is 0 Å². The Balaban J connectivity index is 0.000000810. The fraction of sp³-hybridized carbons (Fsp3) is 0.500. The van der Waals surface area contributed by atoms with Crippen LogP contribution in [0.15, 0.2) is 18.7 Å². The molecule has 1 heterocycles. The summed E-state index contributed by atoms with van der Waals surface area (Å²) < 4.78 is 3.87. The number of imidazole rings is 1. The number of hydrogen-bond donors (Lipinski definition) is 1. The number of hydrogen-bond acceptors (Lipinski definition) is 2. The Morgan fingerprint density at radius 1 is 1.60 bits per heavy atom. The number of aliphatic hydroxyl groups excluding tert-OH is 1. The van der Waals surface area contributed by atoms with Crippen LogP contribution in [0.5, 0.6) is 0 Å². The van der Waals surface area contributed by atoms with Gasteiger partial charge in [0, 0.05) is 0 Å². The lowest BCUT2D eigenvalue weighted by Crippen LogP contribution is -2.23. The van der Waals surface area contributed by atoms with Crippen LogP contribution < -0.4 is 4.57 Å². The van der Waals surface area contributed by atoms with Crippen LogP contribution in [-0.4, -0.2) is 21.8 Å². The maximum absolute atomic E-state index is 8.50. The van der Waals surface area contributed by atoms with Crippen molar-refractivity contribution >= 4 is 0 Å². The molecular weight excluding hydrogens is 132 g/mol. The van der Waals surface area contributed by atoms with E-state index in [1.807, 2.05) is 34.9 Å². The van der Waals surface area contributed by atoms with Crippen LogP contribution in [0.2, 0.25) is 0 Å². The molecule has 58 valence electrons. The average molecular weight is 144 g/mol. The molecule has 1 aromatic rings. The van der Waals surface area contributed by atoms with Gasteiger partial charge >= 0.3 is 0 Å². The second-order valence-corrected chi connectivity index (χ2v) is 2.04. The summed E-state index contributed by atoms with van der Waals surface area (Å²) in [4.78, 5) is 0. The van der Waals surface area contributed by atoms with E-state index in [1.54, 1.807) is 0 Å². The summed E-state index contributed by atoms with van der Waals surface area (Å²) in [5.74, 6) is 0. The first-order valence-corrected chi connectivity index (χ1v) is 2.95. The van der Waals surface area contributed by atoms with Crippen LogP contribution in [0, 0.1) is 0 Å². The molecule has 1 aromatic heterocycles. The zero-order chi connectivity index (χ0) is 6.69. The highest BCUT2D eigenvalue weighted by atomic mass is 16.3. The Hall–Kier alpha value is -0.870. The number of nitrogens with zero attached hydrogens (tertiary/aromatic N) is 2. The minimum atomic E-state index is 0. The van der Waals surface area contributed by atoms with Crippen LogP contribution >= 0.6 is 0 Å². The Morgan fingerprint density at radius 3 is 2.70 bits per heavy atom. The molecular formula is C6H12N2O2. The van der Waals surface area contributed by atoms with Crippen molar-refractivity contribution in [1.82, 2.24) is 4.57 Å². The maximum Gasteiger partial charge on any atom is 0.243 e. The Kier molecular flexibility index (Phi) is 3.68. The number of aryl methyl sites for hydroxylation is 1. The highest BCUT2D eigenvalue weighted by Gasteiger charge is 1.95. The Morgan fingerprint density at radius 2 is 2.30 bits per heavy atom. The summed E-state index contributed by atoms with van der Waals surface area (Å²) >= 11 is 0. The van der Waals surface area contributed by atoms with Crippen LogP contribution in [0.4, 0.5) is 0 Å². The van der Waals surface area contributed by atoms with Gasteiger partial charge in [0.05, 0.1) is 13.7 Å². The van der Waals surface area contributed by atoms with Crippen LogP contribution in [0.3, 0.4) is 0 Å². The van der Waals surface area contributed by atoms with E-state index < -0.39 is 0 Å². The molecule has 0 bridgehead atoms. The lowest BCUT2D eigenvalue weighted by molar-refractivity contribution is -0.671. The standard InChI is InChI=1S/C6H11N2O.H2O/c1-7-2-3-8(6-7)4-5-9;/h2-3,6,9H,4-5H2,1H3;1H2/q+1;/p-1. The zero-order valence-electron chi connectivity index (χ0n) is 5.94. The second-order valence-electron chi connectivity index (χ2n) is 2.04. The van der Waals surface area contributed by atoms with Crippen LogP contribution in [0.1, 0.15) is 0 Å². The van der Waals surface area contributed by atoms with Gasteiger partial charge in [-0.1, -0.05) is 0 Å². The predicted molar refractivity (Wildman–Crippen MR) is 34.6 cm³/mol. The van der Waals surface area contributed by atoms with Gasteiger partial charge in [-0.3, -0.25) is 0 Å². The third-order valence-corrected chi connectivity index (χ3v) is 1.18. The van der Waals surface area contributed by atoms with Crippen molar-refractivity contribution in [2.75, 3.05) is 6.61 Å². The number of rotatable bonds is 2. The van der Waals surface area contributed by atoms with E-state index in [4.69, 9.17) is 5.11 Å². The molecule has 0 spiro atoms. The lowest BCUT2D eigenvalue weighted by atomic mass is 10.7. The van der Waals surface area contributed by atoms with Crippen LogP contribution in [0.25, 0.3) is 0 Å². The molecule has 0 saturated carbocycles. The van der Waals surface area contributed by atoms with Crippen molar-refractivity contribution in [3.63, 3.8) is 0 Å². The normalized spacial score (nSPS) is 9.00. The average Bonchev–Trinajstić information content (AvgIpc) is 2.17. The third kappa shape index (κ3) is 2.16. The van der Waals surface area contributed by atoms with Crippen molar-refractivity contribution in [2.24, 2.45) is 7.05 Å². The van der Waals surface area contributed by atoms with Gasteiger partial charge in [-0.05, 0) is 0 Å². The molecule has 0 aliphatic rings. The van der Waals surface area contributed by atoms with E-state index in [1.165, 1.54) is 0 Å². The fourth-order valence-corrected chi connectivity index (χ4v) is 0.749. The molecule has 0 radical (unpaired) electrons. The van der Waals surface area contributed by atoms with E-state index in [0.717, 1.165) is 0 Å². The largest absolute Gasteiger partial charge is 0.870 e. The molecule has 0 amide bonds. The van der Waals surface area contributed by atoms with Crippen molar-refractivity contribution in [2.45, 2.75) is 6.54 Å². The highest BCUT2D eigenvalue weighted by molar-refractivity contribution is 4.64. The predicted octanol–water partition coefficient (Wildman–Crippen LogP) is -0.872. The monoisotopic (exact) mass is 144 g/mol. The third-order valence-electron chi connectivity index (χ3n) is 1.18. The highest BCUT2D eigenvalue weighted by Crippen LogP contribution is 1.80. The minimum absolute atomic E-state index is 0. The smallest absolute Gasteiger partial charge is 0.243 e. The minimum Gasteiger partial charge on any atom is -0.870 e. The summed E-state index contributed by atoms with van der Waals surface area (Å²) in [6, 6.07) is 0. The van der Waals surface area contributed by atoms with Crippen molar-refractivity contribution in [3.8, 4) is 0 Å². The first kappa shape index (κ1) is 9.13. The molecule has 0 aromatic carbocycles. The van der Waals surface area contributed by atoms with Crippen molar-refractivity contribution in [1.29, 1.82) is 0 Å². The first-order valence-electron chi connectivity index (χ1n) is 2.95. The molecule has 0 saturated heterocycles. The molecule has 10 heavy (non-hydrogen) atoms. The summed E-state index contributed by atoms with van der Waals surface area (Å²) in [6.07, 6.45) is 5.79. The molecule has 0 aliphatic carbocycles. The lowest BCUT2D eigenvalue weighted by Gasteiger charge is -1.86. The second kappa shape index (κ2) is 4.03. The zero-order valence-corrected chi connectivity index (χ0v) is 5.94. The summed E-state index contributed by atoms with van der Waals surface area (Å²) in [7, 11) is 1.95. The molecule has 0 unspecified atom stereocenters. The van der Waals surface area contributed by atoms with Crippen molar-refractivity contribution in [3.05, 3.63) is 18.7 Å². The molecule has 1 rings (SSSR count). The molecule has 0 aliphatic heterocycles. The quantitative estimate of drug-likeness (QED) is 0.548. The van der Waals surface area contributed by atoms with Crippen molar-refractivity contribution < 1.29 is 15.1 Å². The van der Waals surface area contributed by atoms with Gasteiger partial charge < -0.3 is 10.6 Å². The van der Waals surface area contributed by atoms with Crippen LogP contribution in [-0.2, 0) is 13.6 Å². The van der Waals surface area contributed by atoms with Gasteiger partial charge in [0.1, 0.15) is 18.9 Å². The van der Waals surface area contributed by atoms with Gasteiger partial charge in [-0.2, -0.15) is 0 Å². The van der Waals surface area contributed by atoms with E-state index in [2.05, 4.69) is 0 Å². The fourth-order valence-electron chi connectivity index (χ4n) is 0.749. The molecule has 2 N–H and O–H groups in total. The van der Waals surface area contributed by atoms with Gasteiger partial charge in [0.2, 0.25) is 6.33 Å². The first-order chi connectivity index (χ1) is 4.33. The Labute approximate surface area is 59.6 Å². The summed E-state index contributed by atoms with van der Waals surface area (Å²) in [5, 5.41) is 8.50. The maximum atomic E-state index is 8.50. The molecule has 4 nitrogen and oxygen atoms in total. The molecule has 0 atom stereocenters. The number of aromatic nitrogens is 2. The topological polar surface area (TPSA) is 59.0 Å². The molecule has 4 heteroatoms. The van der Waals surface area contributed by atoms with Gasteiger partial charge in [-0.15, -0.1) is 0 Å². The van der Waals surface area contributed by atoms with Gasteiger partial charge in [-0.25, -0.2) is 9.13 Å². The van der Waals surface area contributed by atoms with Gasteiger partial charge in [0.25, 0.3) is 0 Å². The summed E-state index contributed by atoms with van der Waals surface area (Å²) in [6.45, 7) is 0.884. The Bertz CT molecular complexity index is 186. The van der Waals surface area contributed by atoms with E-state index in [0.29, 0.717) is 6.54 Å². The van der Waals surface area contributed by atoms with E-state index in [9.17, 15) is 0 Å². The van der Waals surface area contributed by atoms with Gasteiger partial charge in [0.15, 0.2) is 0 Å². The number of aliphatic hydroxyl groups is 1. The summed E-state index contributed by atoms with van der Waals surface area (Å²) in [5.41, 5.74) is 0. The SMILES string of the molecule is C[n+]1ccn(CCO)c1.[OH-].